The lowest BCUT2D eigenvalue weighted by molar-refractivity contribution is 0.376. The Morgan fingerprint density at radius 2 is 1.91 bits per heavy atom. The molecule has 0 saturated carbocycles. The van der Waals surface area contributed by atoms with Crippen molar-refractivity contribution in [2.24, 2.45) is 11.1 Å². The Morgan fingerprint density at radius 1 is 1.36 bits per heavy atom. The Bertz CT molecular complexity index is 92.2. The summed E-state index contributed by atoms with van der Waals surface area (Å²) in [4.78, 5) is 0. The molecule has 0 rings (SSSR count). The first-order valence-corrected chi connectivity index (χ1v) is 4.38. The summed E-state index contributed by atoms with van der Waals surface area (Å²) in [6.45, 7) is 10.8. The molecule has 0 aromatic heterocycles. The summed E-state index contributed by atoms with van der Waals surface area (Å²) in [6, 6.07) is 0.322. The van der Waals surface area contributed by atoms with Crippen LogP contribution in [0.1, 0.15) is 34.1 Å². The van der Waals surface area contributed by atoms with Gasteiger partial charge in [0.15, 0.2) is 0 Å². The van der Waals surface area contributed by atoms with Crippen LogP contribution in [0.4, 0.5) is 0 Å². The number of hydrogen-bond donors (Lipinski definition) is 2. The van der Waals surface area contributed by atoms with Gasteiger partial charge in [-0.25, -0.2) is 0 Å². The number of rotatable bonds is 4. The molecule has 11 heavy (non-hydrogen) atoms. The lowest BCUT2D eigenvalue weighted by Crippen LogP contribution is -2.30. The summed E-state index contributed by atoms with van der Waals surface area (Å²) in [5, 5.41) is 3.38. The van der Waals surface area contributed by atoms with Gasteiger partial charge in [0, 0.05) is 6.04 Å². The van der Waals surface area contributed by atoms with Gasteiger partial charge in [0.05, 0.1) is 0 Å². The van der Waals surface area contributed by atoms with Gasteiger partial charge in [0.2, 0.25) is 0 Å². The SMILES string of the molecule is CC(N)CCNCC(C)(C)C. The predicted octanol–water partition coefficient (Wildman–Crippen LogP) is 1.36. The van der Waals surface area contributed by atoms with Crippen molar-refractivity contribution in [1.82, 2.24) is 5.32 Å². The number of hydrogen-bond acceptors (Lipinski definition) is 2. The van der Waals surface area contributed by atoms with Crippen LogP contribution in [0.2, 0.25) is 0 Å². The van der Waals surface area contributed by atoms with E-state index in [1.807, 2.05) is 6.92 Å². The molecule has 0 aromatic carbocycles. The lowest BCUT2D eigenvalue weighted by atomic mass is 9.97. The smallest absolute Gasteiger partial charge is 0.00225 e. The number of nitrogens with one attached hydrogen (secondary N) is 1. The Balaban J connectivity index is 3.15. The molecular formula is C9H22N2. The molecule has 0 spiro atoms. The molecule has 0 radical (unpaired) electrons. The Morgan fingerprint density at radius 3 is 2.27 bits per heavy atom. The zero-order valence-corrected chi connectivity index (χ0v) is 8.28. The Kier molecular flexibility index (Phi) is 4.69. The van der Waals surface area contributed by atoms with Crippen LogP contribution < -0.4 is 11.1 Å². The van der Waals surface area contributed by atoms with Gasteiger partial charge in [-0.3, -0.25) is 0 Å². The van der Waals surface area contributed by atoms with E-state index in [1.54, 1.807) is 0 Å². The third kappa shape index (κ3) is 9.92. The zero-order valence-electron chi connectivity index (χ0n) is 8.28. The maximum Gasteiger partial charge on any atom is 0.00225 e. The van der Waals surface area contributed by atoms with Gasteiger partial charge in [-0.05, 0) is 31.8 Å². The minimum absolute atomic E-state index is 0.322. The monoisotopic (exact) mass is 158 g/mol. The third-order valence-corrected chi connectivity index (χ3v) is 1.43. The van der Waals surface area contributed by atoms with E-state index in [0.29, 0.717) is 11.5 Å². The molecule has 0 heterocycles. The average Bonchev–Trinajstić information content (AvgIpc) is 1.78. The van der Waals surface area contributed by atoms with E-state index in [4.69, 9.17) is 5.73 Å². The van der Waals surface area contributed by atoms with Crippen LogP contribution in [-0.2, 0) is 0 Å². The van der Waals surface area contributed by atoms with Crippen LogP contribution >= 0.6 is 0 Å². The molecule has 0 aliphatic carbocycles. The molecule has 1 atom stereocenters. The highest BCUT2D eigenvalue weighted by atomic mass is 14.9. The highest BCUT2D eigenvalue weighted by molar-refractivity contribution is 4.65. The van der Waals surface area contributed by atoms with Crippen molar-refractivity contribution in [1.29, 1.82) is 0 Å². The van der Waals surface area contributed by atoms with E-state index in [-0.39, 0.29) is 0 Å². The Labute approximate surface area is 70.5 Å². The molecule has 1 unspecified atom stereocenters. The van der Waals surface area contributed by atoms with Gasteiger partial charge < -0.3 is 11.1 Å². The highest BCUT2D eigenvalue weighted by Gasteiger charge is 2.08. The fourth-order valence-electron chi connectivity index (χ4n) is 0.793. The summed E-state index contributed by atoms with van der Waals surface area (Å²) >= 11 is 0. The van der Waals surface area contributed by atoms with E-state index in [9.17, 15) is 0 Å². The van der Waals surface area contributed by atoms with Crippen LogP contribution in [0.5, 0.6) is 0 Å². The van der Waals surface area contributed by atoms with Crippen molar-refractivity contribution in [3.8, 4) is 0 Å². The maximum absolute atomic E-state index is 5.60. The summed E-state index contributed by atoms with van der Waals surface area (Å²) in [5.74, 6) is 0. The largest absolute Gasteiger partial charge is 0.328 e. The average molecular weight is 158 g/mol. The second kappa shape index (κ2) is 4.73. The summed E-state index contributed by atoms with van der Waals surface area (Å²) in [5.41, 5.74) is 5.99. The van der Waals surface area contributed by atoms with Crippen LogP contribution in [0, 0.1) is 5.41 Å². The molecular weight excluding hydrogens is 136 g/mol. The standard InChI is InChI=1S/C9H22N2/c1-8(10)5-6-11-7-9(2,3)4/h8,11H,5-7,10H2,1-4H3. The second-order valence-electron chi connectivity index (χ2n) is 4.50. The minimum Gasteiger partial charge on any atom is -0.328 e. The topological polar surface area (TPSA) is 38.0 Å². The van der Waals surface area contributed by atoms with Crippen molar-refractivity contribution in [3.63, 3.8) is 0 Å². The molecule has 2 nitrogen and oxygen atoms in total. The summed E-state index contributed by atoms with van der Waals surface area (Å²) in [6.07, 6.45) is 1.07. The third-order valence-electron chi connectivity index (χ3n) is 1.43. The van der Waals surface area contributed by atoms with Gasteiger partial charge >= 0.3 is 0 Å². The zero-order chi connectivity index (χ0) is 8.91. The van der Waals surface area contributed by atoms with Crippen LogP contribution in [-0.4, -0.2) is 19.1 Å². The first-order valence-electron chi connectivity index (χ1n) is 4.38. The molecule has 0 amide bonds. The second-order valence-corrected chi connectivity index (χ2v) is 4.50. The first-order chi connectivity index (χ1) is 4.92. The van der Waals surface area contributed by atoms with Gasteiger partial charge in [0.25, 0.3) is 0 Å². The van der Waals surface area contributed by atoms with E-state index in [2.05, 4.69) is 26.1 Å². The van der Waals surface area contributed by atoms with Gasteiger partial charge in [-0.15, -0.1) is 0 Å². The molecule has 3 N–H and O–H groups in total. The number of nitrogens with two attached hydrogens (primary N) is 1. The molecule has 0 saturated heterocycles. The van der Waals surface area contributed by atoms with Gasteiger partial charge in [0.1, 0.15) is 0 Å². The molecule has 0 aliphatic heterocycles. The van der Waals surface area contributed by atoms with Crippen molar-refractivity contribution >= 4 is 0 Å². The van der Waals surface area contributed by atoms with E-state index in [0.717, 1.165) is 19.5 Å². The van der Waals surface area contributed by atoms with Crippen molar-refractivity contribution in [2.45, 2.75) is 40.2 Å². The molecule has 68 valence electrons. The fraction of sp³-hybridized carbons (Fsp3) is 1.00. The van der Waals surface area contributed by atoms with E-state index >= 15 is 0 Å². The maximum atomic E-state index is 5.60. The quantitative estimate of drug-likeness (QED) is 0.606. The first kappa shape index (κ1) is 10.9. The highest BCUT2D eigenvalue weighted by Crippen LogP contribution is 2.09. The molecule has 0 fully saturated rings. The Hall–Kier alpha value is -0.0800. The predicted molar refractivity (Wildman–Crippen MR) is 50.6 cm³/mol. The minimum atomic E-state index is 0.322. The van der Waals surface area contributed by atoms with Crippen LogP contribution in [0.15, 0.2) is 0 Å². The van der Waals surface area contributed by atoms with E-state index < -0.39 is 0 Å². The fourth-order valence-corrected chi connectivity index (χ4v) is 0.793. The lowest BCUT2D eigenvalue weighted by Gasteiger charge is -2.19. The van der Waals surface area contributed by atoms with Crippen molar-refractivity contribution in [2.75, 3.05) is 13.1 Å². The molecule has 0 bridgehead atoms. The summed E-state index contributed by atoms with van der Waals surface area (Å²) < 4.78 is 0. The molecule has 2 heteroatoms. The molecule has 0 aliphatic rings. The van der Waals surface area contributed by atoms with Gasteiger partial charge in [-0.1, -0.05) is 20.8 Å². The van der Waals surface area contributed by atoms with Crippen molar-refractivity contribution in [3.05, 3.63) is 0 Å². The van der Waals surface area contributed by atoms with Crippen LogP contribution in [0.25, 0.3) is 0 Å². The van der Waals surface area contributed by atoms with Gasteiger partial charge in [-0.2, -0.15) is 0 Å². The van der Waals surface area contributed by atoms with Crippen LogP contribution in [0.3, 0.4) is 0 Å². The summed E-state index contributed by atoms with van der Waals surface area (Å²) in [7, 11) is 0. The van der Waals surface area contributed by atoms with Crippen molar-refractivity contribution < 1.29 is 0 Å². The molecule has 0 aromatic rings. The normalized spacial score (nSPS) is 15.0. The van der Waals surface area contributed by atoms with E-state index in [1.165, 1.54) is 0 Å².